The van der Waals surface area contributed by atoms with Crippen LogP contribution in [0, 0.1) is 0 Å². The van der Waals surface area contributed by atoms with Gasteiger partial charge in [0, 0.05) is 24.3 Å². The van der Waals surface area contributed by atoms with Crippen LogP contribution in [0.3, 0.4) is 0 Å². The molecular formula is C21H23Cl2N5O3S. The lowest BCUT2D eigenvalue weighted by Crippen LogP contribution is -2.47. The zero-order valence-corrected chi connectivity index (χ0v) is 19.7. The van der Waals surface area contributed by atoms with Gasteiger partial charge in [0.2, 0.25) is 5.91 Å². The lowest BCUT2D eigenvalue weighted by molar-refractivity contribution is -0.123. The number of amides is 2. The molecule has 3 rings (SSSR count). The maximum atomic E-state index is 12.7. The Kier molecular flexibility index (Phi) is 8.60. The summed E-state index contributed by atoms with van der Waals surface area (Å²) >= 11 is 13.6. The number of carbonyl (C=O) groups is 2. The van der Waals surface area contributed by atoms with Gasteiger partial charge in [-0.25, -0.2) is 9.48 Å². The molecule has 0 fully saturated rings. The second-order valence-corrected chi connectivity index (χ2v) is 8.84. The maximum absolute atomic E-state index is 12.7. The minimum atomic E-state index is -0.709. The fraction of sp³-hybridized carbons (Fsp3) is 0.333. The fourth-order valence-corrected chi connectivity index (χ4v) is 4.06. The van der Waals surface area contributed by atoms with Gasteiger partial charge in [-0.1, -0.05) is 29.3 Å². The number of halogens is 2. The predicted octanol–water partition coefficient (Wildman–Crippen LogP) is 2.86. The summed E-state index contributed by atoms with van der Waals surface area (Å²) in [5, 5.41) is 10.5. The number of nitrogens with one attached hydrogen (secondary N) is 2. The van der Waals surface area contributed by atoms with E-state index in [1.54, 1.807) is 36.2 Å². The van der Waals surface area contributed by atoms with Crippen molar-refractivity contribution in [1.29, 1.82) is 0 Å². The Bertz CT molecular complexity index is 1160. The van der Waals surface area contributed by atoms with Crippen molar-refractivity contribution in [3.05, 3.63) is 68.7 Å². The summed E-state index contributed by atoms with van der Waals surface area (Å²) in [5.74, 6) is -0.0346. The second kappa shape index (κ2) is 11.4. The second-order valence-electron chi connectivity index (χ2n) is 7.01. The number of hydrogen-bond donors (Lipinski definition) is 2. The van der Waals surface area contributed by atoms with E-state index in [1.165, 1.54) is 21.2 Å². The molecule has 0 aliphatic heterocycles. The van der Waals surface area contributed by atoms with Gasteiger partial charge in [-0.3, -0.25) is 14.0 Å². The summed E-state index contributed by atoms with van der Waals surface area (Å²) in [7, 11) is 0. The Labute approximate surface area is 199 Å². The van der Waals surface area contributed by atoms with Gasteiger partial charge in [0.15, 0.2) is 5.65 Å². The van der Waals surface area contributed by atoms with Crippen LogP contribution in [0.1, 0.15) is 23.2 Å². The number of aryl methyl sites for hydroxylation is 1. The third kappa shape index (κ3) is 6.05. The summed E-state index contributed by atoms with van der Waals surface area (Å²) in [5.41, 5.74) is 0.600. The third-order valence-electron chi connectivity index (χ3n) is 4.74. The molecular weight excluding hydrogens is 473 g/mol. The summed E-state index contributed by atoms with van der Waals surface area (Å²) in [6.45, 7) is 0.704. The van der Waals surface area contributed by atoms with Crippen LogP contribution in [0.2, 0.25) is 10.0 Å². The number of pyridine rings is 1. The number of thioether (sulfide) groups is 1. The van der Waals surface area contributed by atoms with Crippen LogP contribution in [-0.2, 0) is 11.3 Å². The third-order valence-corrected chi connectivity index (χ3v) is 5.93. The van der Waals surface area contributed by atoms with E-state index in [2.05, 4.69) is 15.7 Å². The number of aromatic nitrogens is 3. The van der Waals surface area contributed by atoms with Crippen molar-refractivity contribution in [2.75, 3.05) is 18.6 Å². The molecule has 0 spiro atoms. The summed E-state index contributed by atoms with van der Waals surface area (Å²) < 4.78 is 2.84. The minimum absolute atomic E-state index is 0.219. The first kappa shape index (κ1) is 24.2. The van der Waals surface area contributed by atoms with Gasteiger partial charge in [0.05, 0.1) is 10.6 Å². The highest BCUT2D eigenvalue weighted by molar-refractivity contribution is 7.98. The van der Waals surface area contributed by atoms with Crippen LogP contribution in [0.15, 0.2) is 47.4 Å². The van der Waals surface area contributed by atoms with Gasteiger partial charge >= 0.3 is 5.69 Å². The quantitative estimate of drug-likeness (QED) is 0.421. The van der Waals surface area contributed by atoms with E-state index >= 15 is 0 Å². The van der Waals surface area contributed by atoms with Gasteiger partial charge in [-0.05, 0) is 55.2 Å². The molecule has 1 unspecified atom stereocenters. The summed E-state index contributed by atoms with van der Waals surface area (Å²) in [4.78, 5) is 37.6. The summed E-state index contributed by atoms with van der Waals surface area (Å²) in [6, 6.07) is 9.20. The smallest absolute Gasteiger partial charge is 0.350 e. The molecule has 2 N–H and O–H groups in total. The number of rotatable bonds is 10. The summed E-state index contributed by atoms with van der Waals surface area (Å²) in [6.07, 6.45) is 4.58. The SMILES string of the molecule is CSCCC(NC(=O)c1ccc(Cl)cc1Cl)C(=O)NCCCn1nc2ccccn2c1=O. The predicted molar refractivity (Wildman–Crippen MR) is 128 cm³/mol. The first-order chi connectivity index (χ1) is 15.4. The van der Waals surface area contributed by atoms with Gasteiger partial charge in [-0.2, -0.15) is 11.8 Å². The minimum Gasteiger partial charge on any atom is -0.354 e. The van der Waals surface area contributed by atoms with Gasteiger partial charge in [0.25, 0.3) is 5.91 Å². The lowest BCUT2D eigenvalue weighted by Gasteiger charge is -2.18. The Balaban J connectivity index is 1.56. The van der Waals surface area contributed by atoms with Crippen LogP contribution in [0.25, 0.3) is 5.65 Å². The molecule has 0 aliphatic carbocycles. The normalized spacial score (nSPS) is 12.0. The number of hydrogen-bond acceptors (Lipinski definition) is 5. The Morgan fingerprint density at radius 1 is 1.22 bits per heavy atom. The van der Waals surface area contributed by atoms with Crippen LogP contribution in [0.5, 0.6) is 0 Å². The van der Waals surface area contributed by atoms with Crippen molar-refractivity contribution in [2.45, 2.75) is 25.4 Å². The van der Waals surface area contributed by atoms with Crippen molar-refractivity contribution in [2.24, 2.45) is 0 Å². The highest BCUT2D eigenvalue weighted by Crippen LogP contribution is 2.21. The highest BCUT2D eigenvalue weighted by atomic mass is 35.5. The van der Waals surface area contributed by atoms with Crippen LogP contribution in [0.4, 0.5) is 0 Å². The number of fused-ring (bicyclic) bond motifs is 1. The Morgan fingerprint density at radius 3 is 2.75 bits per heavy atom. The maximum Gasteiger partial charge on any atom is 0.350 e. The zero-order valence-electron chi connectivity index (χ0n) is 17.4. The number of nitrogens with zero attached hydrogens (tertiary/aromatic N) is 3. The monoisotopic (exact) mass is 495 g/mol. The molecule has 3 aromatic rings. The average Bonchev–Trinajstić information content (AvgIpc) is 3.09. The van der Waals surface area contributed by atoms with E-state index in [4.69, 9.17) is 23.2 Å². The van der Waals surface area contributed by atoms with Crippen molar-refractivity contribution in [3.8, 4) is 0 Å². The van der Waals surface area contributed by atoms with Crippen molar-refractivity contribution in [3.63, 3.8) is 0 Å². The molecule has 8 nitrogen and oxygen atoms in total. The molecule has 0 bridgehead atoms. The number of carbonyl (C=O) groups excluding carboxylic acids is 2. The lowest BCUT2D eigenvalue weighted by atomic mass is 10.1. The van der Waals surface area contributed by atoms with Gasteiger partial charge in [0.1, 0.15) is 6.04 Å². The standard InChI is InChI=1S/C21H23Cl2N5O3S/c1-32-12-8-17(25-19(29)15-7-6-14(22)13-16(15)23)20(30)24-9-4-11-28-21(31)27-10-3-2-5-18(27)26-28/h2-3,5-7,10,13,17H,4,8-9,11-12H2,1H3,(H,24,30)(H,25,29). The molecule has 2 heterocycles. The molecule has 0 saturated carbocycles. The zero-order chi connectivity index (χ0) is 23.1. The topological polar surface area (TPSA) is 97.5 Å². The van der Waals surface area contributed by atoms with Crippen molar-refractivity contribution in [1.82, 2.24) is 24.8 Å². The number of benzene rings is 1. The average molecular weight is 496 g/mol. The molecule has 1 atom stereocenters. The largest absolute Gasteiger partial charge is 0.354 e. The molecule has 0 radical (unpaired) electrons. The van der Waals surface area contributed by atoms with Gasteiger partial charge < -0.3 is 10.6 Å². The molecule has 170 valence electrons. The van der Waals surface area contributed by atoms with Crippen LogP contribution >= 0.6 is 35.0 Å². The molecule has 32 heavy (non-hydrogen) atoms. The molecule has 2 aromatic heterocycles. The molecule has 0 saturated heterocycles. The first-order valence-electron chi connectivity index (χ1n) is 9.97. The highest BCUT2D eigenvalue weighted by Gasteiger charge is 2.22. The van der Waals surface area contributed by atoms with E-state index in [0.29, 0.717) is 42.4 Å². The van der Waals surface area contributed by atoms with E-state index in [9.17, 15) is 14.4 Å². The Morgan fingerprint density at radius 2 is 2.03 bits per heavy atom. The van der Waals surface area contributed by atoms with E-state index < -0.39 is 11.9 Å². The van der Waals surface area contributed by atoms with Crippen LogP contribution < -0.4 is 16.3 Å². The van der Waals surface area contributed by atoms with Gasteiger partial charge in [-0.15, -0.1) is 5.10 Å². The van der Waals surface area contributed by atoms with E-state index in [0.717, 1.165) is 0 Å². The molecule has 0 aliphatic rings. The van der Waals surface area contributed by atoms with Crippen LogP contribution in [-0.4, -0.2) is 50.6 Å². The first-order valence-corrected chi connectivity index (χ1v) is 12.1. The van der Waals surface area contributed by atoms with Crippen molar-refractivity contribution < 1.29 is 9.59 Å². The molecule has 1 aromatic carbocycles. The molecule has 11 heteroatoms. The van der Waals surface area contributed by atoms with Crippen molar-refractivity contribution >= 4 is 52.4 Å². The van der Waals surface area contributed by atoms with E-state index in [1.807, 2.05) is 12.3 Å². The fourth-order valence-electron chi connectivity index (χ4n) is 3.09. The molecule has 2 amide bonds. The van der Waals surface area contributed by atoms with E-state index in [-0.39, 0.29) is 22.2 Å². The Hall–Kier alpha value is -2.49.